The molecule has 1 heterocycles. The summed E-state index contributed by atoms with van der Waals surface area (Å²) in [6.45, 7) is 0.377. The molecule has 0 bridgehead atoms. The van der Waals surface area contributed by atoms with E-state index in [1.54, 1.807) is 37.3 Å². The number of nitrogens with zero attached hydrogens (tertiary/aromatic N) is 1. The van der Waals surface area contributed by atoms with Gasteiger partial charge in [0, 0.05) is 30.6 Å². The third-order valence-electron chi connectivity index (χ3n) is 3.87. The molecule has 0 N–H and O–H groups in total. The van der Waals surface area contributed by atoms with Crippen LogP contribution < -0.4 is 4.74 Å². The average molecular weight is 346 g/mol. The molecule has 0 radical (unpaired) electrons. The van der Waals surface area contributed by atoms with Crippen LogP contribution in [0, 0.1) is 5.92 Å². The van der Waals surface area contributed by atoms with E-state index in [-0.39, 0.29) is 29.8 Å². The predicted octanol–water partition coefficient (Wildman–Crippen LogP) is 2.13. The highest BCUT2D eigenvalue weighted by molar-refractivity contribution is 7.91. The fourth-order valence-electron chi connectivity index (χ4n) is 2.65. The third-order valence-corrected chi connectivity index (χ3v) is 5.94. The largest absolute Gasteiger partial charge is 0.496 e. The highest BCUT2D eigenvalue weighted by Crippen LogP contribution is 2.25. The summed E-state index contributed by atoms with van der Waals surface area (Å²) in [4.78, 5) is 13.8. The van der Waals surface area contributed by atoms with Gasteiger partial charge in [0.05, 0.1) is 18.6 Å². The fourth-order valence-corrected chi connectivity index (χ4v) is 4.71. The SMILES string of the molecule is COc1ccc(Cl)cc1CN(C)C(=O)C[C@@H]1CCS(=O)(=O)C1. The highest BCUT2D eigenvalue weighted by atomic mass is 35.5. The number of carbonyl (C=O) groups excluding carboxylic acids is 1. The zero-order chi connectivity index (χ0) is 16.3. The van der Waals surface area contributed by atoms with Gasteiger partial charge in [0.2, 0.25) is 5.91 Å². The van der Waals surface area contributed by atoms with E-state index in [1.165, 1.54) is 0 Å². The second-order valence-corrected chi connectivity index (χ2v) is 8.34. The maximum Gasteiger partial charge on any atom is 0.222 e. The first kappa shape index (κ1) is 17.1. The Morgan fingerprint density at radius 2 is 2.18 bits per heavy atom. The first-order chi connectivity index (χ1) is 10.3. The predicted molar refractivity (Wildman–Crippen MR) is 85.9 cm³/mol. The molecule has 1 aliphatic heterocycles. The second kappa shape index (κ2) is 6.87. The molecule has 0 aromatic heterocycles. The molecule has 2 rings (SSSR count). The number of carbonyl (C=O) groups is 1. The molecule has 0 aliphatic carbocycles. The van der Waals surface area contributed by atoms with E-state index >= 15 is 0 Å². The van der Waals surface area contributed by atoms with Crippen molar-refractivity contribution in [3.63, 3.8) is 0 Å². The number of amides is 1. The minimum atomic E-state index is -2.95. The van der Waals surface area contributed by atoms with Crippen LogP contribution in [0.2, 0.25) is 5.02 Å². The van der Waals surface area contributed by atoms with Crippen molar-refractivity contribution in [2.45, 2.75) is 19.4 Å². The molecule has 1 amide bonds. The summed E-state index contributed by atoms with van der Waals surface area (Å²) < 4.78 is 28.2. The summed E-state index contributed by atoms with van der Waals surface area (Å²) in [5.41, 5.74) is 0.824. The van der Waals surface area contributed by atoms with Crippen LogP contribution in [0.1, 0.15) is 18.4 Å². The maximum atomic E-state index is 12.3. The molecule has 7 heteroatoms. The Morgan fingerprint density at radius 3 is 2.77 bits per heavy atom. The van der Waals surface area contributed by atoms with Crippen molar-refractivity contribution in [2.75, 3.05) is 25.7 Å². The normalized spacial score (nSPS) is 19.9. The smallest absolute Gasteiger partial charge is 0.222 e. The number of hydrogen-bond acceptors (Lipinski definition) is 4. The van der Waals surface area contributed by atoms with Gasteiger partial charge in [0.1, 0.15) is 5.75 Å². The van der Waals surface area contributed by atoms with Crippen LogP contribution in [0.25, 0.3) is 0 Å². The average Bonchev–Trinajstić information content (AvgIpc) is 2.78. The van der Waals surface area contributed by atoms with Crippen molar-refractivity contribution in [3.8, 4) is 5.75 Å². The first-order valence-corrected chi connectivity index (χ1v) is 9.27. The topological polar surface area (TPSA) is 63.7 Å². The van der Waals surface area contributed by atoms with Crippen molar-refractivity contribution in [1.82, 2.24) is 4.90 Å². The minimum absolute atomic E-state index is 0.0656. The van der Waals surface area contributed by atoms with Gasteiger partial charge in [0.25, 0.3) is 0 Å². The van der Waals surface area contributed by atoms with E-state index in [4.69, 9.17) is 16.3 Å². The van der Waals surface area contributed by atoms with Crippen molar-refractivity contribution in [3.05, 3.63) is 28.8 Å². The number of halogens is 1. The molecule has 0 saturated carbocycles. The van der Waals surface area contributed by atoms with E-state index in [9.17, 15) is 13.2 Å². The number of benzene rings is 1. The number of methoxy groups -OCH3 is 1. The van der Waals surface area contributed by atoms with Crippen LogP contribution in [0.4, 0.5) is 0 Å². The first-order valence-electron chi connectivity index (χ1n) is 7.07. The monoisotopic (exact) mass is 345 g/mol. The van der Waals surface area contributed by atoms with Gasteiger partial charge in [-0.25, -0.2) is 8.42 Å². The molecular weight excluding hydrogens is 326 g/mol. The van der Waals surface area contributed by atoms with Crippen molar-refractivity contribution in [2.24, 2.45) is 5.92 Å². The van der Waals surface area contributed by atoms with Crippen LogP contribution >= 0.6 is 11.6 Å². The zero-order valence-electron chi connectivity index (χ0n) is 12.7. The molecule has 1 saturated heterocycles. The lowest BCUT2D eigenvalue weighted by Crippen LogP contribution is -2.28. The van der Waals surface area contributed by atoms with Crippen LogP contribution in [0.5, 0.6) is 5.75 Å². The fraction of sp³-hybridized carbons (Fsp3) is 0.533. The molecular formula is C15H20ClNO4S. The van der Waals surface area contributed by atoms with Crippen molar-refractivity contribution >= 4 is 27.3 Å². The lowest BCUT2D eigenvalue weighted by Gasteiger charge is -2.20. The van der Waals surface area contributed by atoms with Gasteiger partial charge in [-0.1, -0.05) is 11.6 Å². The molecule has 1 aromatic rings. The van der Waals surface area contributed by atoms with E-state index in [0.717, 1.165) is 5.56 Å². The molecule has 5 nitrogen and oxygen atoms in total. The highest BCUT2D eigenvalue weighted by Gasteiger charge is 2.30. The summed E-state index contributed by atoms with van der Waals surface area (Å²) >= 11 is 5.98. The van der Waals surface area contributed by atoms with E-state index < -0.39 is 9.84 Å². The molecule has 0 spiro atoms. The Labute approximate surface area is 136 Å². The Bertz CT molecular complexity index is 660. The molecule has 0 unspecified atom stereocenters. The lowest BCUT2D eigenvalue weighted by atomic mass is 10.0. The summed E-state index contributed by atoms with van der Waals surface area (Å²) in [7, 11) is 0.318. The lowest BCUT2D eigenvalue weighted by molar-refractivity contribution is -0.131. The van der Waals surface area contributed by atoms with Crippen LogP contribution in [0.15, 0.2) is 18.2 Å². The van der Waals surface area contributed by atoms with Crippen molar-refractivity contribution in [1.29, 1.82) is 0 Å². The molecule has 22 heavy (non-hydrogen) atoms. The molecule has 1 aliphatic rings. The Kier molecular flexibility index (Phi) is 5.34. The van der Waals surface area contributed by atoms with E-state index in [1.807, 2.05) is 0 Å². The number of rotatable bonds is 5. The standard InChI is InChI=1S/C15H20ClNO4S/c1-17(9-12-8-13(16)3-4-14(12)21-2)15(18)7-11-5-6-22(19,20)10-11/h3-4,8,11H,5-7,9-10H2,1-2H3/t11-/m0/s1. The van der Waals surface area contributed by atoms with Crippen LogP contribution in [-0.2, 0) is 21.2 Å². The van der Waals surface area contributed by atoms with E-state index in [0.29, 0.717) is 23.7 Å². The number of hydrogen-bond donors (Lipinski definition) is 0. The van der Waals surface area contributed by atoms with Crippen LogP contribution in [0.3, 0.4) is 0 Å². The Morgan fingerprint density at radius 1 is 1.45 bits per heavy atom. The maximum absolute atomic E-state index is 12.3. The molecule has 1 aromatic carbocycles. The summed E-state index contributed by atoms with van der Waals surface area (Å²) in [6, 6.07) is 5.26. The summed E-state index contributed by atoms with van der Waals surface area (Å²) in [5, 5.41) is 0.582. The second-order valence-electron chi connectivity index (χ2n) is 5.68. The summed E-state index contributed by atoms with van der Waals surface area (Å²) in [6.07, 6.45) is 0.834. The van der Waals surface area contributed by atoms with Gasteiger partial charge in [-0.2, -0.15) is 0 Å². The van der Waals surface area contributed by atoms with Gasteiger partial charge < -0.3 is 9.64 Å². The van der Waals surface area contributed by atoms with Gasteiger partial charge in [-0.3, -0.25) is 4.79 Å². The van der Waals surface area contributed by atoms with Crippen LogP contribution in [-0.4, -0.2) is 44.9 Å². The Balaban J connectivity index is 1.98. The van der Waals surface area contributed by atoms with Gasteiger partial charge in [-0.15, -0.1) is 0 Å². The third kappa shape index (κ3) is 4.36. The summed E-state index contributed by atoms with van der Waals surface area (Å²) in [5.74, 6) is 0.849. The van der Waals surface area contributed by atoms with Gasteiger partial charge >= 0.3 is 0 Å². The van der Waals surface area contributed by atoms with Gasteiger partial charge in [-0.05, 0) is 30.5 Å². The minimum Gasteiger partial charge on any atom is -0.496 e. The molecule has 1 fully saturated rings. The van der Waals surface area contributed by atoms with Crippen molar-refractivity contribution < 1.29 is 17.9 Å². The quantitative estimate of drug-likeness (QED) is 0.820. The molecule has 1 atom stereocenters. The number of sulfone groups is 1. The Hall–Kier alpha value is -1.27. The molecule has 122 valence electrons. The van der Waals surface area contributed by atoms with E-state index in [2.05, 4.69) is 0 Å². The van der Waals surface area contributed by atoms with Gasteiger partial charge in [0.15, 0.2) is 9.84 Å². The zero-order valence-corrected chi connectivity index (χ0v) is 14.3. The number of ether oxygens (including phenoxy) is 1.